The summed E-state index contributed by atoms with van der Waals surface area (Å²) in [5.41, 5.74) is 0.219. The van der Waals surface area contributed by atoms with Crippen molar-refractivity contribution in [1.29, 1.82) is 0 Å². The summed E-state index contributed by atoms with van der Waals surface area (Å²) < 4.78 is 15.2. The van der Waals surface area contributed by atoms with Crippen LogP contribution in [0.4, 0.5) is 4.39 Å². The van der Waals surface area contributed by atoms with Gasteiger partial charge < -0.3 is 15.7 Å². The third-order valence-electron chi connectivity index (χ3n) is 4.51. The van der Waals surface area contributed by atoms with Crippen molar-refractivity contribution >= 4 is 5.96 Å². The number of hydrogen-bond acceptors (Lipinski definition) is 3. The van der Waals surface area contributed by atoms with E-state index in [1.807, 2.05) is 33.9 Å². The van der Waals surface area contributed by atoms with Gasteiger partial charge in [0, 0.05) is 30.8 Å². The van der Waals surface area contributed by atoms with Crippen LogP contribution in [0.3, 0.4) is 0 Å². The highest BCUT2D eigenvalue weighted by atomic mass is 19.1. The maximum Gasteiger partial charge on any atom is 0.191 e. The molecule has 0 aliphatic carbocycles. The van der Waals surface area contributed by atoms with Crippen molar-refractivity contribution in [2.75, 3.05) is 19.6 Å². The Bertz CT molecular complexity index is 782. The predicted octanol–water partition coefficient (Wildman–Crippen LogP) is 2.30. The van der Waals surface area contributed by atoms with Crippen molar-refractivity contribution in [2.24, 2.45) is 12.0 Å². The maximum absolute atomic E-state index is 13.5. The quantitative estimate of drug-likeness (QED) is 0.513. The van der Waals surface area contributed by atoms with E-state index in [0.29, 0.717) is 19.0 Å². The van der Waals surface area contributed by atoms with Crippen molar-refractivity contribution in [2.45, 2.75) is 38.7 Å². The van der Waals surface area contributed by atoms with Crippen LogP contribution < -0.4 is 10.6 Å². The molecule has 0 saturated heterocycles. The average molecular weight is 375 g/mol. The molecule has 1 aromatic carbocycles. The van der Waals surface area contributed by atoms with E-state index < -0.39 is 5.60 Å². The van der Waals surface area contributed by atoms with Crippen LogP contribution in [0.2, 0.25) is 0 Å². The van der Waals surface area contributed by atoms with Crippen LogP contribution in [0.1, 0.15) is 38.8 Å². The molecular formula is C20H30FN5O. The van der Waals surface area contributed by atoms with Crippen LogP contribution in [0.5, 0.6) is 0 Å². The molecule has 0 amide bonds. The zero-order valence-electron chi connectivity index (χ0n) is 16.8. The van der Waals surface area contributed by atoms with Crippen LogP contribution >= 0.6 is 0 Å². The maximum atomic E-state index is 13.5. The number of nitrogens with zero attached hydrogens (tertiary/aromatic N) is 3. The number of halogens is 1. The van der Waals surface area contributed by atoms with Crippen molar-refractivity contribution in [3.63, 3.8) is 0 Å². The smallest absolute Gasteiger partial charge is 0.191 e. The van der Waals surface area contributed by atoms with Crippen molar-refractivity contribution in [1.82, 2.24) is 20.4 Å². The molecule has 1 aromatic heterocycles. The van der Waals surface area contributed by atoms with Gasteiger partial charge in [-0.25, -0.2) is 4.39 Å². The molecule has 7 heteroatoms. The van der Waals surface area contributed by atoms with Crippen LogP contribution in [0, 0.1) is 5.82 Å². The Morgan fingerprint density at radius 3 is 2.59 bits per heavy atom. The van der Waals surface area contributed by atoms with E-state index in [2.05, 4.69) is 20.7 Å². The van der Waals surface area contributed by atoms with Gasteiger partial charge >= 0.3 is 0 Å². The topological polar surface area (TPSA) is 74.5 Å². The van der Waals surface area contributed by atoms with Gasteiger partial charge in [0.1, 0.15) is 11.4 Å². The van der Waals surface area contributed by atoms with E-state index in [4.69, 9.17) is 0 Å². The molecule has 1 atom stereocenters. The van der Waals surface area contributed by atoms with Gasteiger partial charge in [-0.05, 0) is 31.5 Å². The molecule has 2 aromatic rings. The Balaban J connectivity index is 2.07. The zero-order chi connectivity index (χ0) is 20.1. The van der Waals surface area contributed by atoms with Gasteiger partial charge in [0.15, 0.2) is 5.96 Å². The number of benzene rings is 1. The largest absolute Gasteiger partial charge is 0.383 e. The lowest BCUT2D eigenvalue weighted by Crippen LogP contribution is -2.45. The molecule has 0 saturated carbocycles. The van der Waals surface area contributed by atoms with E-state index in [9.17, 15) is 9.50 Å². The normalized spacial score (nSPS) is 14.7. The summed E-state index contributed by atoms with van der Waals surface area (Å²) in [6, 6.07) is 6.61. The van der Waals surface area contributed by atoms with E-state index in [1.165, 1.54) is 6.07 Å². The molecule has 0 fully saturated rings. The summed E-state index contributed by atoms with van der Waals surface area (Å²) in [4.78, 5) is 4.63. The fourth-order valence-corrected chi connectivity index (χ4v) is 2.68. The van der Waals surface area contributed by atoms with Gasteiger partial charge in [0.05, 0.1) is 19.3 Å². The number of aryl methyl sites for hydroxylation is 1. The molecule has 6 nitrogen and oxygen atoms in total. The lowest BCUT2D eigenvalue weighted by Gasteiger charge is -2.26. The van der Waals surface area contributed by atoms with Gasteiger partial charge in [0.2, 0.25) is 0 Å². The standard InChI is InChI=1S/C20H30FN5O/c1-6-22-18(24-14-20(4,27)16-11-25-26(5)12-16)23-13-19(2,3)15-8-7-9-17(21)10-15/h7-12,27H,6,13-14H2,1-5H3,(H2,22,23,24). The molecule has 3 N–H and O–H groups in total. The van der Waals surface area contributed by atoms with E-state index >= 15 is 0 Å². The van der Waals surface area contributed by atoms with Crippen molar-refractivity contribution in [3.8, 4) is 0 Å². The molecule has 0 spiro atoms. The third kappa shape index (κ3) is 5.79. The highest BCUT2D eigenvalue weighted by molar-refractivity contribution is 5.79. The van der Waals surface area contributed by atoms with Gasteiger partial charge in [-0.15, -0.1) is 0 Å². The minimum Gasteiger partial charge on any atom is -0.383 e. The summed E-state index contributed by atoms with van der Waals surface area (Å²) in [5, 5.41) is 21.2. The second-order valence-electron chi connectivity index (χ2n) is 7.62. The first-order chi connectivity index (χ1) is 12.6. The summed E-state index contributed by atoms with van der Waals surface area (Å²) in [6.07, 6.45) is 3.44. The third-order valence-corrected chi connectivity index (χ3v) is 4.51. The lowest BCUT2D eigenvalue weighted by atomic mass is 9.85. The van der Waals surface area contributed by atoms with Crippen LogP contribution in [-0.4, -0.2) is 40.5 Å². The minimum absolute atomic E-state index is 0.248. The Labute approximate surface area is 160 Å². The number of guanidine groups is 1. The van der Waals surface area contributed by atoms with E-state index in [1.54, 1.807) is 36.1 Å². The summed E-state index contributed by atoms with van der Waals surface area (Å²) in [7, 11) is 1.81. The van der Waals surface area contributed by atoms with Gasteiger partial charge in [-0.1, -0.05) is 26.0 Å². The Hall–Kier alpha value is -2.41. The first kappa shape index (κ1) is 20.9. The van der Waals surface area contributed by atoms with Crippen LogP contribution in [0.25, 0.3) is 0 Å². The summed E-state index contributed by atoms with van der Waals surface area (Å²) in [5.74, 6) is 0.355. The molecule has 0 aliphatic heterocycles. The Kier molecular flexibility index (Phi) is 6.59. The molecular weight excluding hydrogens is 345 g/mol. The highest BCUT2D eigenvalue weighted by Gasteiger charge is 2.25. The first-order valence-electron chi connectivity index (χ1n) is 9.14. The molecule has 0 radical (unpaired) electrons. The molecule has 2 rings (SSSR count). The van der Waals surface area contributed by atoms with Crippen LogP contribution in [0.15, 0.2) is 41.7 Å². The van der Waals surface area contributed by atoms with Gasteiger partial charge in [-0.2, -0.15) is 5.10 Å². The molecule has 148 valence electrons. The molecule has 0 aliphatic rings. The average Bonchev–Trinajstić information content (AvgIpc) is 3.05. The molecule has 0 bridgehead atoms. The predicted molar refractivity (Wildman–Crippen MR) is 106 cm³/mol. The van der Waals surface area contributed by atoms with Crippen LogP contribution in [-0.2, 0) is 18.1 Å². The molecule has 27 heavy (non-hydrogen) atoms. The molecule has 1 unspecified atom stereocenters. The Morgan fingerprint density at radius 1 is 1.26 bits per heavy atom. The molecule has 1 heterocycles. The fraction of sp³-hybridized carbons (Fsp3) is 0.500. The highest BCUT2D eigenvalue weighted by Crippen LogP contribution is 2.24. The number of aromatic nitrogens is 2. The van der Waals surface area contributed by atoms with Crippen molar-refractivity contribution in [3.05, 3.63) is 53.6 Å². The number of hydrogen-bond donors (Lipinski definition) is 3. The minimum atomic E-state index is -1.08. The monoisotopic (exact) mass is 375 g/mol. The first-order valence-corrected chi connectivity index (χ1v) is 9.14. The van der Waals surface area contributed by atoms with Crippen molar-refractivity contribution < 1.29 is 9.50 Å². The van der Waals surface area contributed by atoms with Gasteiger partial charge in [0.25, 0.3) is 0 Å². The number of aliphatic imine (C=N–C) groups is 1. The van der Waals surface area contributed by atoms with E-state index in [-0.39, 0.29) is 17.8 Å². The number of nitrogens with one attached hydrogen (secondary N) is 2. The zero-order valence-corrected chi connectivity index (χ0v) is 16.8. The second-order valence-corrected chi connectivity index (χ2v) is 7.62. The fourth-order valence-electron chi connectivity index (χ4n) is 2.68. The summed E-state index contributed by atoms with van der Waals surface area (Å²) in [6.45, 7) is 9.22. The SMILES string of the molecule is CCNC(=NCC(C)(C)c1cccc(F)c1)NCC(C)(O)c1cnn(C)c1. The van der Waals surface area contributed by atoms with E-state index in [0.717, 1.165) is 11.1 Å². The number of rotatable bonds is 7. The lowest BCUT2D eigenvalue weighted by molar-refractivity contribution is 0.0616. The van der Waals surface area contributed by atoms with Gasteiger partial charge in [-0.3, -0.25) is 9.67 Å². The second kappa shape index (κ2) is 8.52. The summed E-state index contributed by atoms with van der Waals surface area (Å²) >= 11 is 0. The Morgan fingerprint density at radius 2 is 2.00 bits per heavy atom. The number of aliphatic hydroxyl groups is 1.